The Morgan fingerprint density at radius 3 is 3.56 bits per heavy atom. The maximum atomic E-state index is 4.10. The number of aromatic amines is 1. The molecule has 0 fully saturated rings. The molecule has 2 radical (unpaired) electrons. The number of H-pyrrole nitrogens is 1. The van der Waals surface area contributed by atoms with Crippen LogP contribution in [-0.2, 0) is 13.0 Å². The first-order chi connectivity index (χ1) is 4.47. The van der Waals surface area contributed by atoms with Gasteiger partial charge in [0.25, 0.3) is 0 Å². The van der Waals surface area contributed by atoms with Gasteiger partial charge in [0.05, 0.1) is 24.3 Å². The minimum Gasteiger partial charge on any atom is -0.347 e. The van der Waals surface area contributed by atoms with Crippen LogP contribution in [-0.4, -0.2) is 9.97 Å². The van der Waals surface area contributed by atoms with Crippen molar-refractivity contribution >= 4 is 0 Å². The molecule has 2 heterocycles. The zero-order valence-corrected chi connectivity index (χ0v) is 4.94. The molecular formula is C6H7N3. The molecule has 1 aromatic heterocycles. The summed E-state index contributed by atoms with van der Waals surface area (Å²) in [5, 5.41) is 3.01. The molecule has 1 aliphatic rings. The van der Waals surface area contributed by atoms with E-state index in [0.29, 0.717) is 0 Å². The van der Waals surface area contributed by atoms with Gasteiger partial charge in [0, 0.05) is 13.0 Å². The Morgan fingerprint density at radius 1 is 1.67 bits per heavy atom. The number of rotatable bonds is 0. The summed E-state index contributed by atoms with van der Waals surface area (Å²) in [7, 11) is 0. The normalized spacial score (nSPS) is 17.3. The first-order valence-electron chi connectivity index (χ1n) is 2.93. The van der Waals surface area contributed by atoms with Crippen molar-refractivity contribution in [2.45, 2.75) is 13.0 Å². The second kappa shape index (κ2) is 1.84. The van der Waals surface area contributed by atoms with Crippen LogP contribution in [0.15, 0.2) is 6.33 Å². The van der Waals surface area contributed by atoms with Crippen LogP contribution in [0.25, 0.3) is 0 Å². The topological polar surface area (TPSA) is 40.7 Å². The number of hydrogen-bond donors (Lipinski definition) is 2. The first-order valence-corrected chi connectivity index (χ1v) is 2.93. The molecule has 1 aliphatic heterocycles. The second-order valence-corrected chi connectivity index (χ2v) is 2.03. The third kappa shape index (κ3) is 0.733. The van der Waals surface area contributed by atoms with E-state index in [2.05, 4.69) is 21.8 Å². The van der Waals surface area contributed by atoms with E-state index in [9.17, 15) is 0 Å². The Morgan fingerprint density at radius 2 is 2.67 bits per heavy atom. The van der Waals surface area contributed by atoms with Gasteiger partial charge in [0.2, 0.25) is 0 Å². The van der Waals surface area contributed by atoms with E-state index in [4.69, 9.17) is 0 Å². The van der Waals surface area contributed by atoms with Crippen molar-refractivity contribution in [3.63, 3.8) is 0 Å². The number of nitrogens with zero attached hydrogens (tertiary/aromatic N) is 1. The lowest BCUT2D eigenvalue weighted by molar-refractivity contribution is 0.705. The van der Waals surface area contributed by atoms with E-state index < -0.39 is 0 Å². The van der Waals surface area contributed by atoms with E-state index in [-0.39, 0.29) is 0 Å². The number of imidazole rings is 1. The summed E-state index contributed by atoms with van der Waals surface area (Å²) < 4.78 is 0. The molecule has 46 valence electrons. The van der Waals surface area contributed by atoms with Crippen molar-refractivity contribution in [2.24, 2.45) is 0 Å². The van der Waals surface area contributed by atoms with Crippen LogP contribution in [0.4, 0.5) is 0 Å². The molecule has 1 aromatic rings. The molecule has 0 unspecified atom stereocenters. The minimum atomic E-state index is 0.818. The van der Waals surface area contributed by atoms with Crippen molar-refractivity contribution in [2.75, 3.05) is 0 Å². The van der Waals surface area contributed by atoms with Gasteiger partial charge in [-0.05, 0) is 0 Å². The molecular weight excluding hydrogens is 114 g/mol. The lowest BCUT2D eigenvalue weighted by Gasteiger charge is -2.08. The second-order valence-electron chi connectivity index (χ2n) is 2.03. The molecule has 0 aliphatic carbocycles. The average molecular weight is 121 g/mol. The smallest absolute Gasteiger partial charge is 0.0925 e. The fourth-order valence-corrected chi connectivity index (χ4v) is 0.952. The van der Waals surface area contributed by atoms with E-state index >= 15 is 0 Å². The van der Waals surface area contributed by atoms with E-state index in [0.717, 1.165) is 18.7 Å². The average Bonchev–Trinajstić information content (AvgIpc) is 2.33. The van der Waals surface area contributed by atoms with Gasteiger partial charge in [0.1, 0.15) is 0 Å². The van der Waals surface area contributed by atoms with E-state index in [1.807, 2.05) is 0 Å². The van der Waals surface area contributed by atoms with Gasteiger partial charge in [-0.25, -0.2) is 4.98 Å². The van der Waals surface area contributed by atoms with Crippen molar-refractivity contribution < 1.29 is 0 Å². The highest BCUT2D eigenvalue weighted by molar-refractivity contribution is 5.15. The molecule has 2 rings (SSSR count). The largest absolute Gasteiger partial charge is 0.347 e. The van der Waals surface area contributed by atoms with Gasteiger partial charge in [0.15, 0.2) is 0 Å². The number of nitrogens with one attached hydrogen (secondary N) is 2. The molecule has 0 saturated carbocycles. The standard InChI is InChI=1S/C6H7N3/c1-2-7-3-6-5(1)8-4-9-6/h4,7H,1,3H2,(H,8,9). The molecule has 0 atom stereocenters. The quantitative estimate of drug-likeness (QED) is 0.511. The van der Waals surface area contributed by atoms with Crippen molar-refractivity contribution in [3.8, 4) is 0 Å². The summed E-state index contributed by atoms with van der Waals surface area (Å²) in [6.07, 6.45) is 2.54. The summed E-state index contributed by atoms with van der Waals surface area (Å²) in [6.45, 7) is 3.84. The van der Waals surface area contributed by atoms with Gasteiger partial charge in [-0.15, -0.1) is 0 Å². The molecule has 3 heteroatoms. The minimum absolute atomic E-state index is 0.818. The molecule has 9 heavy (non-hydrogen) atoms. The maximum Gasteiger partial charge on any atom is 0.0925 e. The molecule has 0 aromatic carbocycles. The predicted octanol–water partition coefficient (Wildman–Crippen LogP) is 0.0942. The van der Waals surface area contributed by atoms with Crippen LogP contribution < -0.4 is 5.32 Å². The monoisotopic (exact) mass is 121 g/mol. The Kier molecular flexibility index (Phi) is 1.02. The van der Waals surface area contributed by atoms with Gasteiger partial charge < -0.3 is 10.3 Å². The molecule has 0 spiro atoms. The lowest BCUT2D eigenvalue weighted by Crippen LogP contribution is -2.18. The van der Waals surface area contributed by atoms with Crippen molar-refractivity contribution in [1.29, 1.82) is 0 Å². The summed E-state index contributed by atoms with van der Waals surface area (Å²) in [5.74, 6) is 0. The van der Waals surface area contributed by atoms with Crippen LogP contribution in [0, 0.1) is 6.54 Å². The zero-order valence-electron chi connectivity index (χ0n) is 4.94. The van der Waals surface area contributed by atoms with Gasteiger partial charge in [-0.1, -0.05) is 0 Å². The first kappa shape index (κ1) is 4.99. The van der Waals surface area contributed by atoms with Crippen LogP contribution in [0.2, 0.25) is 0 Å². The molecule has 3 nitrogen and oxygen atoms in total. The summed E-state index contributed by atoms with van der Waals surface area (Å²) in [6, 6.07) is 0. The van der Waals surface area contributed by atoms with Gasteiger partial charge >= 0.3 is 0 Å². The molecule has 2 N–H and O–H groups in total. The fraction of sp³-hybridized carbons (Fsp3) is 0.333. The Hall–Kier alpha value is -0.830. The molecule has 0 saturated heterocycles. The zero-order chi connectivity index (χ0) is 6.10. The van der Waals surface area contributed by atoms with Crippen LogP contribution >= 0.6 is 0 Å². The highest BCUT2D eigenvalue weighted by Gasteiger charge is 2.09. The van der Waals surface area contributed by atoms with Crippen molar-refractivity contribution in [1.82, 2.24) is 15.3 Å². The highest BCUT2D eigenvalue weighted by Crippen LogP contribution is 2.08. The number of aromatic nitrogens is 2. The summed E-state index contributed by atoms with van der Waals surface area (Å²) >= 11 is 0. The Labute approximate surface area is 53.5 Å². The van der Waals surface area contributed by atoms with E-state index in [1.54, 1.807) is 6.33 Å². The SMILES string of the molecule is [C]1Cc2nc[nH]c2CN1. The van der Waals surface area contributed by atoms with Gasteiger partial charge in [-0.2, -0.15) is 0 Å². The number of hydrogen-bond acceptors (Lipinski definition) is 2. The predicted molar refractivity (Wildman–Crippen MR) is 32.4 cm³/mol. The van der Waals surface area contributed by atoms with Crippen molar-refractivity contribution in [3.05, 3.63) is 24.3 Å². The highest BCUT2D eigenvalue weighted by atomic mass is 15.0. The summed E-state index contributed by atoms with van der Waals surface area (Å²) in [5.41, 5.74) is 2.31. The Bertz CT molecular complexity index is 183. The van der Waals surface area contributed by atoms with Crippen LogP contribution in [0.3, 0.4) is 0 Å². The molecule has 0 amide bonds. The third-order valence-electron chi connectivity index (χ3n) is 1.45. The van der Waals surface area contributed by atoms with E-state index in [1.165, 1.54) is 5.69 Å². The van der Waals surface area contributed by atoms with Crippen LogP contribution in [0.5, 0.6) is 0 Å². The number of fused-ring (bicyclic) bond motifs is 1. The fourth-order valence-electron chi connectivity index (χ4n) is 0.952. The summed E-state index contributed by atoms with van der Waals surface area (Å²) in [4.78, 5) is 7.14. The Balaban J connectivity index is 2.39. The molecule has 0 bridgehead atoms. The lowest BCUT2D eigenvalue weighted by atomic mass is 10.2. The van der Waals surface area contributed by atoms with Crippen LogP contribution in [0.1, 0.15) is 11.4 Å². The maximum absolute atomic E-state index is 4.10. The third-order valence-corrected chi connectivity index (χ3v) is 1.45. The van der Waals surface area contributed by atoms with Gasteiger partial charge in [-0.3, -0.25) is 0 Å².